The van der Waals surface area contributed by atoms with E-state index in [1.54, 1.807) is 0 Å². The van der Waals surface area contributed by atoms with Crippen LogP contribution in [0.2, 0.25) is 0 Å². The lowest BCUT2D eigenvalue weighted by Gasteiger charge is -2.13. The Bertz CT molecular complexity index is 766. The molecule has 6 heteroatoms. The van der Waals surface area contributed by atoms with Crippen LogP contribution in [0.3, 0.4) is 0 Å². The summed E-state index contributed by atoms with van der Waals surface area (Å²) in [5.74, 6) is -0.988. The van der Waals surface area contributed by atoms with E-state index in [9.17, 15) is 14.0 Å². The lowest BCUT2D eigenvalue weighted by Crippen LogP contribution is -2.33. The fraction of sp³-hybridized carbons (Fsp3) is 0.176. The highest BCUT2D eigenvalue weighted by Gasteiger charge is 2.39. The Balaban J connectivity index is 2.02. The van der Waals surface area contributed by atoms with Gasteiger partial charge in [-0.05, 0) is 42.1 Å². The molecule has 23 heavy (non-hydrogen) atoms. The maximum atomic E-state index is 13.0. The third-order valence-corrected chi connectivity index (χ3v) is 4.38. The van der Waals surface area contributed by atoms with Gasteiger partial charge in [0.2, 0.25) is 0 Å². The summed E-state index contributed by atoms with van der Waals surface area (Å²) >= 11 is 1.41. The molecular formula is C17H15FN2O2S. The van der Waals surface area contributed by atoms with Gasteiger partial charge in [-0.3, -0.25) is 14.5 Å². The predicted octanol–water partition coefficient (Wildman–Crippen LogP) is 3.49. The fourth-order valence-electron chi connectivity index (χ4n) is 2.45. The summed E-state index contributed by atoms with van der Waals surface area (Å²) in [7, 11) is 0. The van der Waals surface area contributed by atoms with Crippen LogP contribution in [0.15, 0.2) is 47.5 Å². The highest BCUT2D eigenvalue weighted by atomic mass is 32.1. The summed E-state index contributed by atoms with van der Waals surface area (Å²) in [5.41, 5.74) is 1.19. The number of benzene rings is 1. The van der Waals surface area contributed by atoms with Crippen LogP contribution >= 0.6 is 11.3 Å². The Morgan fingerprint density at radius 3 is 2.48 bits per heavy atom. The monoisotopic (exact) mass is 330 g/mol. The number of hydrogen-bond acceptors (Lipinski definition) is 4. The van der Waals surface area contributed by atoms with Crippen molar-refractivity contribution in [2.24, 2.45) is 0 Å². The van der Waals surface area contributed by atoms with Gasteiger partial charge in [0.1, 0.15) is 11.5 Å². The van der Waals surface area contributed by atoms with Crippen molar-refractivity contribution in [2.45, 2.75) is 13.3 Å². The Labute approximate surface area is 137 Å². The molecule has 0 saturated carbocycles. The van der Waals surface area contributed by atoms with E-state index in [1.807, 2.05) is 24.4 Å². The molecule has 1 aromatic carbocycles. The molecule has 0 fully saturated rings. The molecule has 2 aromatic rings. The zero-order valence-corrected chi connectivity index (χ0v) is 13.3. The van der Waals surface area contributed by atoms with Gasteiger partial charge in [-0.1, -0.05) is 13.0 Å². The maximum absolute atomic E-state index is 13.0. The first-order valence-corrected chi connectivity index (χ1v) is 8.16. The van der Waals surface area contributed by atoms with E-state index >= 15 is 0 Å². The highest BCUT2D eigenvalue weighted by Crippen LogP contribution is 2.32. The Hall–Kier alpha value is -2.47. The number of carbonyl (C=O) groups is 2. The molecule has 2 heterocycles. The summed E-state index contributed by atoms with van der Waals surface area (Å²) in [6, 6.07) is 9.33. The molecule has 4 nitrogen and oxygen atoms in total. The average Bonchev–Trinajstić information content (AvgIpc) is 3.13. The maximum Gasteiger partial charge on any atom is 0.278 e. The molecule has 0 bridgehead atoms. The lowest BCUT2D eigenvalue weighted by molar-refractivity contribution is -0.136. The normalized spacial score (nSPS) is 14.8. The van der Waals surface area contributed by atoms with Gasteiger partial charge in [-0.2, -0.15) is 0 Å². The minimum atomic E-state index is -0.357. The van der Waals surface area contributed by atoms with E-state index < -0.39 is 0 Å². The molecule has 0 spiro atoms. The van der Waals surface area contributed by atoms with Gasteiger partial charge in [-0.15, -0.1) is 11.3 Å². The van der Waals surface area contributed by atoms with Crippen LogP contribution in [-0.4, -0.2) is 23.3 Å². The Kier molecular flexibility index (Phi) is 4.25. The first-order chi connectivity index (χ1) is 11.1. The van der Waals surface area contributed by atoms with E-state index in [-0.39, 0.29) is 23.3 Å². The van der Waals surface area contributed by atoms with Gasteiger partial charge in [0, 0.05) is 17.1 Å². The number of carbonyl (C=O) groups excluding carboxylic acids is 2. The third-order valence-electron chi connectivity index (χ3n) is 3.50. The van der Waals surface area contributed by atoms with Crippen LogP contribution in [0.4, 0.5) is 10.1 Å². The first kappa shape index (κ1) is 15.4. The number of nitrogens with one attached hydrogen (secondary N) is 1. The summed E-state index contributed by atoms with van der Waals surface area (Å²) in [5, 5.41) is 4.84. The predicted molar refractivity (Wildman–Crippen MR) is 88.3 cm³/mol. The Morgan fingerprint density at radius 2 is 1.87 bits per heavy atom. The number of nitrogens with zero attached hydrogens (tertiary/aromatic N) is 1. The van der Waals surface area contributed by atoms with Crippen molar-refractivity contribution in [1.82, 2.24) is 4.90 Å². The number of halogens is 1. The van der Waals surface area contributed by atoms with Crippen molar-refractivity contribution < 1.29 is 14.0 Å². The van der Waals surface area contributed by atoms with Crippen molar-refractivity contribution >= 4 is 34.4 Å². The summed E-state index contributed by atoms with van der Waals surface area (Å²) in [6.07, 6.45) is 0.693. The van der Waals surface area contributed by atoms with Crippen molar-refractivity contribution in [3.63, 3.8) is 0 Å². The van der Waals surface area contributed by atoms with Gasteiger partial charge in [-0.25, -0.2) is 4.39 Å². The number of amides is 2. The SMILES string of the molecule is CCCN1C(=O)C(Nc2ccc(F)cc2)=C(c2cccs2)C1=O. The molecule has 1 aliphatic rings. The van der Waals surface area contributed by atoms with Gasteiger partial charge in [0.25, 0.3) is 11.8 Å². The molecule has 1 aromatic heterocycles. The summed E-state index contributed by atoms with van der Waals surface area (Å²) in [6.45, 7) is 2.29. The molecule has 1 N–H and O–H groups in total. The number of hydrogen-bond donors (Lipinski definition) is 1. The molecule has 3 rings (SSSR count). The van der Waals surface area contributed by atoms with Crippen LogP contribution < -0.4 is 5.32 Å². The quantitative estimate of drug-likeness (QED) is 0.854. The summed E-state index contributed by atoms with van der Waals surface area (Å²) in [4.78, 5) is 27.2. The van der Waals surface area contributed by atoms with Crippen LogP contribution in [0.1, 0.15) is 18.2 Å². The third kappa shape index (κ3) is 2.90. The lowest BCUT2D eigenvalue weighted by atomic mass is 10.2. The second kappa shape index (κ2) is 6.34. The molecule has 118 valence electrons. The Morgan fingerprint density at radius 1 is 1.13 bits per heavy atom. The van der Waals surface area contributed by atoms with Crippen molar-refractivity contribution in [1.29, 1.82) is 0 Å². The molecule has 0 atom stereocenters. The van der Waals surface area contributed by atoms with Crippen LogP contribution in [0.25, 0.3) is 5.57 Å². The topological polar surface area (TPSA) is 49.4 Å². The van der Waals surface area contributed by atoms with Gasteiger partial charge in [0.05, 0.1) is 5.57 Å². The fourth-order valence-corrected chi connectivity index (χ4v) is 3.21. The largest absolute Gasteiger partial charge is 0.350 e. The molecule has 0 radical (unpaired) electrons. The molecule has 0 saturated heterocycles. The molecule has 0 aliphatic carbocycles. The van der Waals surface area contributed by atoms with Gasteiger partial charge < -0.3 is 5.32 Å². The zero-order valence-electron chi connectivity index (χ0n) is 12.5. The highest BCUT2D eigenvalue weighted by molar-refractivity contribution is 7.11. The van der Waals surface area contributed by atoms with Crippen LogP contribution in [0.5, 0.6) is 0 Å². The molecule has 1 aliphatic heterocycles. The number of rotatable bonds is 5. The van der Waals surface area contributed by atoms with Crippen molar-refractivity contribution in [2.75, 3.05) is 11.9 Å². The number of imide groups is 1. The minimum absolute atomic E-state index is 0.248. The average molecular weight is 330 g/mol. The molecular weight excluding hydrogens is 315 g/mol. The minimum Gasteiger partial charge on any atom is -0.350 e. The van der Waals surface area contributed by atoms with Crippen molar-refractivity contribution in [3.8, 4) is 0 Å². The van der Waals surface area contributed by atoms with E-state index in [2.05, 4.69) is 5.32 Å². The van der Waals surface area contributed by atoms with E-state index in [0.29, 0.717) is 24.2 Å². The zero-order chi connectivity index (χ0) is 16.4. The summed E-state index contributed by atoms with van der Waals surface area (Å²) < 4.78 is 13.0. The van der Waals surface area contributed by atoms with E-state index in [0.717, 1.165) is 4.88 Å². The van der Waals surface area contributed by atoms with E-state index in [1.165, 1.54) is 40.5 Å². The number of thiophene rings is 1. The van der Waals surface area contributed by atoms with Crippen LogP contribution in [0, 0.1) is 5.82 Å². The second-order valence-electron chi connectivity index (χ2n) is 5.12. The van der Waals surface area contributed by atoms with Crippen LogP contribution in [-0.2, 0) is 9.59 Å². The van der Waals surface area contributed by atoms with Gasteiger partial charge >= 0.3 is 0 Å². The molecule has 0 unspecified atom stereocenters. The number of anilines is 1. The second-order valence-corrected chi connectivity index (χ2v) is 6.07. The molecule has 2 amide bonds. The van der Waals surface area contributed by atoms with E-state index in [4.69, 9.17) is 0 Å². The smallest absolute Gasteiger partial charge is 0.278 e. The van der Waals surface area contributed by atoms with Gasteiger partial charge in [0.15, 0.2) is 0 Å². The van der Waals surface area contributed by atoms with Crippen molar-refractivity contribution in [3.05, 3.63) is 58.2 Å². The standard InChI is InChI=1S/C17H15FN2O2S/c1-2-9-20-16(21)14(13-4-3-10-23-13)15(17(20)22)19-12-7-5-11(18)6-8-12/h3-8,10,19H,2,9H2,1H3. The first-order valence-electron chi connectivity index (χ1n) is 7.28.